The Morgan fingerprint density at radius 3 is 2.74 bits per heavy atom. The Hall–Kier alpha value is -2.46. The maximum Gasteiger partial charge on any atom is 0.258 e. The van der Waals surface area contributed by atoms with Gasteiger partial charge in [0, 0.05) is 35.5 Å². The van der Waals surface area contributed by atoms with Gasteiger partial charge >= 0.3 is 0 Å². The van der Waals surface area contributed by atoms with Crippen molar-refractivity contribution in [2.45, 2.75) is 19.4 Å². The quantitative estimate of drug-likeness (QED) is 0.841. The number of ether oxygens (including phenoxy) is 2. The molecule has 0 radical (unpaired) electrons. The summed E-state index contributed by atoms with van der Waals surface area (Å²) in [7, 11) is 1.56. The molecule has 0 spiro atoms. The van der Waals surface area contributed by atoms with E-state index in [2.05, 4.69) is 6.07 Å². The average molecular weight is 406 g/mol. The number of nitrogens with two attached hydrogens (primary N) is 1. The van der Waals surface area contributed by atoms with Gasteiger partial charge in [0.1, 0.15) is 17.4 Å². The van der Waals surface area contributed by atoms with Crippen LogP contribution in [0, 0.1) is 18.3 Å². The minimum atomic E-state index is -0.745. The number of halogens is 2. The van der Waals surface area contributed by atoms with Gasteiger partial charge in [-0.1, -0.05) is 29.3 Å². The lowest BCUT2D eigenvalue weighted by molar-refractivity contribution is 0.185. The summed E-state index contributed by atoms with van der Waals surface area (Å²) < 4.78 is 12.3. The van der Waals surface area contributed by atoms with Crippen LogP contribution in [0.15, 0.2) is 40.5 Å². The molecular weight excluding hydrogens is 389 g/mol. The van der Waals surface area contributed by atoms with Crippen molar-refractivity contribution in [2.75, 3.05) is 13.7 Å². The highest BCUT2D eigenvalue weighted by Gasteiger charge is 2.35. The Kier molecular flexibility index (Phi) is 5.47. The number of nitriles is 1. The third-order valence-electron chi connectivity index (χ3n) is 4.48. The number of hydrogen-bond acceptors (Lipinski definition) is 5. The molecule has 27 heavy (non-hydrogen) atoms. The number of rotatable bonds is 4. The van der Waals surface area contributed by atoms with E-state index in [0.717, 1.165) is 0 Å². The second-order valence-corrected chi connectivity index (χ2v) is 6.95. The Bertz CT molecular complexity index is 1040. The van der Waals surface area contributed by atoms with Gasteiger partial charge in [0.2, 0.25) is 5.88 Å². The van der Waals surface area contributed by atoms with E-state index in [-0.39, 0.29) is 17.0 Å². The molecule has 2 N–H and O–H groups in total. The van der Waals surface area contributed by atoms with Gasteiger partial charge < -0.3 is 19.8 Å². The van der Waals surface area contributed by atoms with E-state index in [9.17, 15) is 10.1 Å². The highest BCUT2D eigenvalue weighted by molar-refractivity contribution is 6.35. The molecule has 1 aliphatic heterocycles. The van der Waals surface area contributed by atoms with Crippen LogP contribution < -0.4 is 16.0 Å². The molecule has 0 saturated carbocycles. The van der Waals surface area contributed by atoms with Crippen molar-refractivity contribution < 1.29 is 9.47 Å². The van der Waals surface area contributed by atoms with E-state index >= 15 is 0 Å². The van der Waals surface area contributed by atoms with E-state index < -0.39 is 5.92 Å². The number of aryl methyl sites for hydroxylation is 1. The smallest absolute Gasteiger partial charge is 0.258 e. The molecule has 1 atom stereocenters. The summed E-state index contributed by atoms with van der Waals surface area (Å²) in [6.07, 6.45) is 0. The van der Waals surface area contributed by atoms with Gasteiger partial charge in [0.25, 0.3) is 5.56 Å². The molecule has 0 amide bonds. The maximum atomic E-state index is 13.3. The van der Waals surface area contributed by atoms with Crippen molar-refractivity contribution in [3.8, 4) is 11.8 Å². The number of nitrogens with zero attached hydrogens (tertiary/aromatic N) is 2. The first kappa shape index (κ1) is 19.3. The zero-order valence-corrected chi connectivity index (χ0v) is 16.3. The molecule has 2 aromatic rings. The molecule has 1 aromatic carbocycles. The van der Waals surface area contributed by atoms with Crippen LogP contribution in [0.25, 0.3) is 0 Å². The minimum absolute atomic E-state index is 0.0468. The lowest BCUT2D eigenvalue weighted by atomic mass is 9.84. The highest BCUT2D eigenvalue weighted by atomic mass is 35.5. The topological polar surface area (TPSA) is 90.3 Å². The van der Waals surface area contributed by atoms with E-state index in [1.165, 1.54) is 0 Å². The van der Waals surface area contributed by atoms with Gasteiger partial charge in [0.15, 0.2) is 0 Å². The van der Waals surface area contributed by atoms with Crippen LogP contribution in [0.4, 0.5) is 0 Å². The SMILES string of the molecule is COCCn1c(C)cc2c(c1=O)[C@@H](c1ccc(Cl)cc1Cl)C(C#N)=C(N)O2. The number of hydrogen-bond donors (Lipinski definition) is 1. The van der Waals surface area contributed by atoms with Crippen LogP contribution in [-0.4, -0.2) is 18.3 Å². The normalized spacial score (nSPS) is 15.9. The lowest BCUT2D eigenvalue weighted by Gasteiger charge is -2.28. The summed E-state index contributed by atoms with van der Waals surface area (Å²) in [5, 5.41) is 10.4. The van der Waals surface area contributed by atoms with Gasteiger partial charge in [-0.25, -0.2) is 0 Å². The molecule has 140 valence electrons. The third kappa shape index (κ3) is 3.42. The minimum Gasteiger partial charge on any atom is -0.440 e. The summed E-state index contributed by atoms with van der Waals surface area (Å²) in [5.41, 5.74) is 7.39. The Morgan fingerprint density at radius 2 is 2.11 bits per heavy atom. The second kappa shape index (κ2) is 7.65. The highest BCUT2D eigenvalue weighted by Crippen LogP contribution is 2.43. The van der Waals surface area contributed by atoms with Gasteiger partial charge in [0.05, 0.1) is 18.1 Å². The van der Waals surface area contributed by atoms with Gasteiger partial charge in [-0.3, -0.25) is 4.79 Å². The molecule has 0 aliphatic carbocycles. The number of methoxy groups -OCH3 is 1. The number of pyridine rings is 1. The number of aromatic nitrogens is 1. The fourth-order valence-corrected chi connectivity index (χ4v) is 3.71. The monoisotopic (exact) mass is 405 g/mol. The Labute approximate surface area is 166 Å². The van der Waals surface area contributed by atoms with Crippen molar-refractivity contribution in [3.63, 3.8) is 0 Å². The average Bonchev–Trinajstić information content (AvgIpc) is 2.60. The van der Waals surface area contributed by atoms with Gasteiger partial charge in [-0.15, -0.1) is 0 Å². The number of benzene rings is 1. The predicted octanol–water partition coefficient (Wildman–Crippen LogP) is 3.33. The van der Waals surface area contributed by atoms with Crippen LogP contribution in [0.3, 0.4) is 0 Å². The summed E-state index contributed by atoms with van der Waals surface area (Å²) >= 11 is 12.4. The molecule has 6 nitrogen and oxygen atoms in total. The molecule has 3 rings (SSSR count). The largest absolute Gasteiger partial charge is 0.440 e. The van der Waals surface area contributed by atoms with E-state index in [0.29, 0.717) is 45.8 Å². The second-order valence-electron chi connectivity index (χ2n) is 6.10. The Morgan fingerprint density at radius 1 is 1.37 bits per heavy atom. The van der Waals surface area contributed by atoms with Crippen LogP contribution in [-0.2, 0) is 11.3 Å². The zero-order chi connectivity index (χ0) is 19.7. The van der Waals surface area contributed by atoms with E-state index in [4.69, 9.17) is 38.4 Å². The fraction of sp³-hybridized carbons (Fsp3) is 0.263. The third-order valence-corrected chi connectivity index (χ3v) is 5.04. The first-order valence-electron chi connectivity index (χ1n) is 8.14. The van der Waals surface area contributed by atoms with Crippen molar-refractivity contribution in [1.82, 2.24) is 4.57 Å². The number of fused-ring (bicyclic) bond motifs is 1. The zero-order valence-electron chi connectivity index (χ0n) is 14.8. The van der Waals surface area contributed by atoms with Crippen LogP contribution in [0.2, 0.25) is 10.0 Å². The van der Waals surface area contributed by atoms with Crippen molar-refractivity contribution in [2.24, 2.45) is 5.73 Å². The molecule has 0 bridgehead atoms. The molecule has 1 aromatic heterocycles. The van der Waals surface area contributed by atoms with Crippen molar-refractivity contribution in [3.05, 3.63) is 72.9 Å². The van der Waals surface area contributed by atoms with Gasteiger partial charge in [-0.05, 0) is 24.6 Å². The molecule has 2 heterocycles. The molecule has 0 fully saturated rings. The van der Waals surface area contributed by atoms with Crippen molar-refractivity contribution >= 4 is 23.2 Å². The first-order valence-corrected chi connectivity index (χ1v) is 8.90. The Balaban J connectivity index is 2.30. The summed E-state index contributed by atoms with van der Waals surface area (Å²) in [6, 6.07) is 8.69. The molecule has 8 heteroatoms. The number of allylic oxidation sites excluding steroid dienone is 1. The van der Waals surface area contributed by atoms with Crippen LogP contribution in [0.1, 0.15) is 22.7 Å². The molecule has 0 unspecified atom stereocenters. The predicted molar refractivity (Wildman–Crippen MR) is 103 cm³/mol. The summed E-state index contributed by atoms with van der Waals surface area (Å²) in [5.74, 6) is -0.474. The summed E-state index contributed by atoms with van der Waals surface area (Å²) in [6.45, 7) is 2.54. The van der Waals surface area contributed by atoms with E-state index in [1.54, 1.807) is 42.9 Å². The molecular formula is C19H17Cl2N3O3. The van der Waals surface area contributed by atoms with Crippen molar-refractivity contribution in [1.29, 1.82) is 5.26 Å². The van der Waals surface area contributed by atoms with Crippen LogP contribution >= 0.6 is 23.2 Å². The summed E-state index contributed by atoms with van der Waals surface area (Å²) in [4.78, 5) is 13.3. The lowest BCUT2D eigenvalue weighted by Crippen LogP contribution is -2.33. The molecule has 0 saturated heterocycles. The standard InChI is InChI=1S/C19H17Cl2N3O3/c1-10-7-15-17(19(25)24(10)5-6-26-2)16(13(9-22)18(23)27-15)12-4-3-11(20)8-14(12)21/h3-4,7-8,16H,5-6,23H2,1-2H3/t16-/m0/s1. The van der Waals surface area contributed by atoms with Gasteiger partial charge in [-0.2, -0.15) is 5.26 Å². The maximum absolute atomic E-state index is 13.3. The molecule has 1 aliphatic rings. The van der Waals surface area contributed by atoms with E-state index in [1.807, 2.05) is 0 Å². The van der Waals surface area contributed by atoms with Crippen LogP contribution in [0.5, 0.6) is 5.75 Å². The fourth-order valence-electron chi connectivity index (χ4n) is 3.19. The first-order chi connectivity index (χ1) is 12.9.